The fraction of sp³-hybridized carbons (Fsp3) is 0.438. The predicted molar refractivity (Wildman–Crippen MR) is 78.8 cm³/mol. The maximum absolute atomic E-state index is 9.33. The van der Waals surface area contributed by atoms with Crippen LogP contribution in [0.25, 0.3) is 0 Å². The zero-order valence-corrected chi connectivity index (χ0v) is 12.6. The van der Waals surface area contributed by atoms with Gasteiger partial charge in [-0.05, 0) is 62.9 Å². The standard InChI is InChI=1S/C16H21N3/c1-10-7-16(13(4)12(3)11(10)2)19-14(5)18(6)9-15(19)8-17/h7,9,14H,1-6H3/t14-/m0/s1. The number of hydrogen-bond donors (Lipinski definition) is 0. The second kappa shape index (κ2) is 4.62. The van der Waals surface area contributed by atoms with Crippen molar-refractivity contribution in [1.82, 2.24) is 4.90 Å². The zero-order valence-electron chi connectivity index (χ0n) is 12.6. The lowest BCUT2D eigenvalue weighted by atomic mass is 9.97. The van der Waals surface area contributed by atoms with Crippen LogP contribution in [-0.2, 0) is 0 Å². The van der Waals surface area contributed by atoms with Crippen molar-refractivity contribution in [2.45, 2.75) is 40.8 Å². The summed E-state index contributed by atoms with van der Waals surface area (Å²) in [4.78, 5) is 4.19. The summed E-state index contributed by atoms with van der Waals surface area (Å²) in [6.45, 7) is 10.7. The molecule has 1 aliphatic rings. The van der Waals surface area contributed by atoms with Crippen molar-refractivity contribution in [3.63, 3.8) is 0 Å². The SMILES string of the molecule is Cc1cc(N2C(C#N)=CN(C)[C@@H]2C)c(C)c(C)c1C. The van der Waals surface area contributed by atoms with E-state index in [0.29, 0.717) is 5.70 Å². The first-order chi connectivity index (χ1) is 8.88. The molecule has 1 heterocycles. The molecule has 0 N–H and O–H groups in total. The van der Waals surface area contributed by atoms with E-state index in [4.69, 9.17) is 0 Å². The van der Waals surface area contributed by atoms with E-state index in [1.807, 2.05) is 13.2 Å². The summed E-state index contributed by atoms with van der Waals surface area (Å²) >= 11 is 0. The van der Waals surface area contributed by atoms with Crippen molar-refractivity contribution < 1.29 is 0 Å². The van der Waals surface area contributed by atoms with E-state index in [1.165, 1.54) is 22.3 Å². The molecule has 1 atom stereocenters. The molecule has 0 saturated heterocycles. The third-order valence-corrected chi connectivity index (χ3v) is 4.38. The molecule has 0 radical (unpaired) electrons. The average molecular weight is 255 g/mol. The van der Waals surface area contributed by atoms with Crippen molar-refractivity contribution in [3.8, 4) is 6.07 Å². The molecular formula is C16H21N3. The molecule has 3 nitrogen and oxygen atoms in total. The molecule has 0 aromatic heterocycles. The van der Waals surface area contributed by atoms with Crippen LogP contribution in [0.1, 0.15) is 29.2 Å². The van der Waals surface area contributed by atoms with Gasteiger partial charge in [0.2, 0.25) is 0 Å². The van der Waals surface area contributed by atoms with E-state index in [-0.39, 0.29) is 6.17 Å². The van der Waals surface area contributed by atoms with Crippen LogP contribution in [0.3, 0.4) is 0 Å². The zero-order chi connectivity index (χ0) is 14.3. The van der Waals surface area contributed by atoms with Gasteiger partial charge in [-0.3, -0.25) is 0 Å². The van der Waals surface area contributed by atoms with Gasteiger partial charge < -0.3 is 9.80 Å². The Bertz CT molecular complexity index is 593. The van der Waals surface area contributed by atoms with E-state index in [0.717, 1.165) is 5.69 Å². The third kappa shape index (κ3) is 1.98. The van der Waals surface area contributed by atoms with Crippen LogP contribution in [-0.4, -0.2) is 18.1 Å². The third-order valence-electron chi connectivity index (χ3n) is 4.38. The average Bonchev–Trinajstić information content (AvgIpc) is 2.67. The lowest BCUT2D eigenvalue weighted by Crippen LogP contribution is -2.35. The van der Waals surface area contributed by atoms with E-state index in [9.17, 15) is 5.26 Å². The molecule has 2 rings (SSSR count). The second-order valence-corrected chi connectivity index (χ2v) is 5.38. The Labute approximate surface area is 115 Å². The van der Waals surface area contributed by atoms with Gasteiger partial charge in [0, 0.05) is 18.9 Å². The minimum Gasteiger partial charge on any atom is -0.358 e. The largest absolute Gasteiger partial charge is 0.358 e. The maximum Gasteiger partial charge on any atom is 0.138 e. The van der Waals surface area contributed by atoms with Crippen LogP contribution in [0.5, 0.6) is 0 Å². The fourth-order valence-electron chi connectivity index (χ4n) is 2.60. The van der Waals surface area contributed by atoms with Crippen LogP contribution in [0.15, 0.2) is 18.0 Å². The Hall–Kier alpha value is -1.95. The Morgan fingerprint density at radius 3 is 2.32 bits per heavy atom. The van der Waals surface area contributed by atoms with Crippen LogP contribution < -0.4 is 4.90 Å². The molecular weight excluding hydrogens is 234 g/mol. The van der Waals surface area contributed by atoms with Gasteiger partial charge in [0.05, 0.1) is 0 Å². The summed E-state index contributed by atoms with van der Waals surface area (Å²) < 4.78 is 0. The molecule has 3 heteroatoms. The molecule has 0 fully saturated rings. The highest BCUT2D eigenvalue weighted by molar-refractivity contribution is 5.66. The van der Waals surface area contributed by atoms with E-state index in [2.05, 4.69) is 56.6 Å². The van der Waals surface area contributed by atoms with Gasteiger partial charge in [-0.1, -0.05) is 0 Å². The molecule has 1 aromatic rings. The Kier molecular flexibility index (Phi) is 3.28. The number of aryl methyl sites for hydroxylation is 1. The highest BCUT2D eigenvalue weighted by atomic mass is 15.4. The van der Waals surface area contributed by atoms with Gasteiger partial charge in [-0.2, -0.15) is 5.26 Å². The van der Waals surface area contributed by atoms with Crippen molar-refractivity contribution in [1.29, 1.82) is 5.26 Å². The van der Waals surface area contributed by atoms with Gasteiger partial charge in [0.15, 0.2) is 0 Å². The predicted octanol–water partition coefficient (Wildman–Crippen LogP) is 3.38. The minimum absolute atomic E-state index is 0.176. The van der Waals surface area contributed by atoms with Gasteiger partial charge in [-0.15, -0.1) is 0 Å². The van der Waals surface area contributed by atoms with E-state index in [1.54, 1.807) is 0 Å². The highest BCUT2D eigenvalue weighted by Crippen LogP contribution is 2.34. The summed E-state index contributed by atoms with van der Waals surface area (Å²) in [6, 6.07) is 4.49. The Morgan fingerprint density at radius 1 is 1.11 bits per heavy atom. The van der Waals surface area contributed by atoms with Gasteiger partial charge >= 0.3 is 0 Å². The number of benzene rings is 1. The molecule has 1 aliphatic heterocycles. The summed E-state index contributed by atoms with van der Waals surface area (Å²) in [7, 11) is 2.01. The van der Waals surface area contributed by atoms with Crippen LogP contribution in [0.2, 0.25) is 0 Å². The minimum atomic E-state index is 0.176. The number of nitriles is 1. The summed E-state index contributed by atoms with van der Waals surface area (Å²) in [5.41, 5.74) is 7.03. The summed E-state index contributed by atoms with van der Waals surface area (Å²) in [6.07, 6.45) is 2.09. The molecule has 100 valence electrons. The molecule has 0 spiro atoms. The summed E-state index contributed by atoms with van der Waals surface area (Å²) in [5, 5.41) is 9.33. The van der Waals surface area contributed by atoms with E-state index < -0.39 is 0 Å². The first-order valence-electron chi connectivity index (χ1n) is 6.59. The lowest BCUT2D eigenvalue weighted by molar-refractivity contribution is 0.382. The molecule has 0 aliphatic carbocycles. The highest BCUT2D eigenvalue weighted by Gasteiger charge is 2.29. The Balaban J connectivity index is 2.61. The molecule has 0 bridgehead atoms. The van der Waals surface area contributed by atoms with Crippen LogP contribution >= 0.6 is 0 Å². The van der Waals surface area contributed by atoms with Gasteiger partial charge in [0.25, 0.3) is 0 Å². The number of anilines is 1. The molecule has 0 unspecified atom stereocenters. The molecule has 0 saturated carbocycles. The number of hydrogen-bond acceptors (Lipinski definition) is 3. The van der Waals surface area contributed by atoms with Gasteiger partial charge in [-0.25, -0.2) is 0 Å². The molecule has 1 aromatic carbocycles. The monoisotopic (exact) mass is 255 g/mol. The second-order valence-electron chi connectivity index (χ2n) is 5.38. The normalized spacial score (nSPS) is 18.6. The van der Waals surface area contributed by atoms with Gasteiger partial charge in [0.1, 0.15) is 17.9 Å². The number of rotatable bonds is 1. The maximum atomic E-state index is 9.33. The van der Waals surface area contributed by atoms with Crippen molar-refractivity contribution in [3.05, 3.63) is 40.2 Å². The topological polar surface area (TPSA) is 30.3 Å². The summed E-state index contributed by atoms with van der Waals surface area (Å²) in [5.74, 6) is 0. The smallest absolute Gasteiger partial charge is 0.138 e. The molecule has 0 amide bonds. The Morgan fingerprint density at radius 2 is 1.74 bits per heavy atom. The fourth-order valence-corrected chi connectivity index (χ4v) is 2.60. The van der Waals surface area contributed by atoms with Crippen LogP contribution in [0.4, 0.5) is 5.69 Å². The van der Waals surface area contributed by atoms with Crippen LogP contribution in [0, 0.1) is 39.0 Å². The van der Waals surface area contributed by atoms with E-state index >= 15 is 0 Å². The first-order valence-corrected chi connectivity index (χ1v) is 6.59. The first kappa shape index (κ1) is 13.5. The van der Waals surface area contributed by atoms with Crippen molar-refractivity contribution in [2.24, 2.45) is 0 Å². The van der Waals surface area contributed by atoms with Crippen molar-refractivity contribution >= 4 is 5.69 Å². The molecule has 19 heavy (non-hydrogen) atoms. The van der Waals surface area contributed by atoms with Crippen molar-refractivity contribution in [2.75, 3.05) is 11.9 Å². The quantitative estimate of drug-likeness (QED) is 0.770. The lowest BCUT2D eigenvalue weighted by Gasteiger charge is -2.30. The number of allylic oxidation sites excluding steroid dienone is 1. The number of nitrogens with zero attached hydrogens (tertiary/aromatic N) is 3.